The third kappa shape index (κ3) is 3.22. The van der Waals surface area contributed by atoms with Crippen LogP contribution in [0.25, 0.3) is 0 Å². The molecule has 1 aromatic heterocycles. The van der Waals surface area contributed by atoms with E-state index in [4.69, 9.17) is 21.1 Å². The molecule has 9 heteroatoms. The van der Waals surface area contributed by atoms with E-state index in [1.807, 2.05) is 0 Å². The predicted molar refractivity (Wildman–Crippen MR) is 78.7 cm³/mol. The van der Waals surface area contributed by atoms with Crippen LogP contribution in [-0.4, -0.2) is 32.6 Å². The Bertz CT molecular complexity index is 758. The van der Waals surface area contributed by atoms with Crippen molar-refractivity contribution in [3.8, 4) is 11.5 Å². The van der Waals surface area contributed by atoms with Gasteiger partial charge in [-0.3, -0.25) is 4.72 Å². The van der Waals surface area contributed by atoms with Gasteiger partial charge in [-0.05, 0) is 6.92 Å². The zero-order valence-electron chi connectivity index (χ0n) is 11.6. The average molecular weight is 332 g/mol. The summed E-state index contributed by atoms with van der Waals surface area (Å²) in [5, 5.41) is 0.137. The van der Waals surface area contributed by atoms with Crippen LogP contribution in [0.1, 0.15) is 5.82 Å². The second-order valence-electron chi connectivity index (χ2n) is 4.13. The highest BCUT2D eigenvalue weighted by molar-refractivity contribution is 7.92. The maximum atomic E-state index is 12.2. The number of nitrogens with zero attached hydrogens (tertiary/aromatic N) is 1. The van der Waals surface area contributed by atoms with E-state index in [9.17, 15) is 8.42 Å². The summed E-state index contributed by atoms with van der Waals surface area (Å²) in [5.74, 6) is 1.26. The predicted octanol–water partition coefficient (Wildman–Crippen LogP) is 2.19. The molecule has 0 spiro atoms. The standard InChI is InChI=1S/C12H14ClN3O4S/c1-7-14-6-12(15-7)21(17,18)16-9-5-11(20-3)10(19-2)4-8(9)13/h4-6,16H,1-3H3,(H,14,15). The molecular weight excluding hydrogens is 318 g/mol. The number of imidazole rings is 1. The molecule has 114 valence electrons. The number of hydrogen-bond donors (Lipinski definition) is 2. The van der Waals surface area contributed by atoms with Gasteiger partial charge in [0, 0.05) is 12.1 Å². The summed E-state index contributed by atoms with van der Waals surface area (Å²) in [7, 11) is -0.898. The fraction of sp³-hybridized carbons (Fsp3) is 0.250. The van der Waals surface area contributed by atoms with Crippen molar-refractivity contribution < 1.29 is 17.9 Å². The van der Waals surface area contributed by atoms with Crippen molar-refractivity contribution in [3.05, 3.63) is 29.2 Å². The highest BCUT2D eigenvalue weighted by atomic mass is 35.5. The van der Waals surface area contributed by atoms with E-state index in [2.05, 4.69) is 14.7 Å². The molecule has 2 N–H and O–H groups in total. The van der Waals surface area contributed by atoms with Crippen LogP contribution in [0.3, 0.4) is 0 Å². The van der Waals surface area contributed by atoms with Gasteiger partial charge in [-0.25, -0.2) is 4.98 Å². The molecule has 2 rings (SSSR count). The second-order valence-corrected chi connectivity index (χ2v) is 6.18. The van der Waals surface area contributed by atoms with Crippen molar-refractivity contribution in [2.45, 2.75) is 11.9 Å². The number of halogens is 1. The van der Waals surface area contributed by atoms with Gasteiger partial charge in [0.25, 0.3) is 10.0 Å². The molecule has 0 aliphatic heterocycles. The number of methoxy groups -OCH3 is 2. The molecule has 1 heterocycles. The molecule has 0 aliphatic rings. The highest BCUT2D eigenvalue weighted by Crippen LogP contribution is 2.36. The Morgan fingerprint density at radius 1 is 1.24 bits per heavy atom. The number of anilines is 1. The third-order valence-electron chi connectivity index (χ3n) is 2.69. The fourth-order valence-corrected chi connectivity index (χ4v) is 2.97. The van der Waals surface area contributed by atoms with E-state index in [0.717, 1.165) is 0 Å². The molecule has 0 unspecified atom stereocenters. The Hall–Kier alpha value is -1.93. The molecule has 0 radical (unpaired) electrons. The first kappa shape index (κ1) is 15.5. The number of hydrogen-bond acceptors (Lipinski definition) is 5. The Morgan fingerprint density at radius 3 is 2.38 bits per heavy atom. The van der Waals surface area contributed by atoms with Gasteiger partial charge >= 0.3 is 0 Å². The van der Waals surface area contributed by atoms with Crippen molar-refractivity contribution in [1.29, 1.82) is 0 Å². The molecule has 7 nitrogen and oxygen atoms in total. The minimum Gasteiger partial charge on any atom is -0.493 e. The molecule has 0 saturated carbocycles. The summed E-state index contributed by atoms with van der Waals surface area (Å²) in [6, 6.07) is 2.92. The monoisotopic (exact) mass is 331 g/mol. The molecule has 1 aromatic carbocycles. The molecule has 0 atom stereocenters. The fourth-order valence-electron chi connectivity index (χ4n) is 1.67. The van der Waals surface area contributed by atoms with Crippen molar-refractivity contribution in [2.24, 2.45) is 0 Å². The SMILES string of the molecule is COc1cc(Cl)c(NS(=O)(=O)c2cnc(C)[nH]2)cc1OC. The van der Waals surface area contributed by atoms with E-state index < -0.39 is 10.0 Å². The Kier molecular flexibility index (Phi) is 4.29. The van der Waals surface area contributed by atoms with Crippen molar-refractivity contribution in [3.63, 3.8) is 0 Å². The van der Waals surface area contributed by atoms with Crippen LogP contribution in [0.15, 0.2) is 23.4 Å². The third-order valence-corrected chi connectivity index (χ3v) is 4.27. The molecular formula is C12H14ClN3O4S. The van der Waals surface area contributed by atoms with Gasteiger partial charge in [-0.1, -0.05) is 11.6 Å². The van der Waals surface area contributed by atoms with Crippen LogP contribution >= 0.6 is 11.6 Å². The molecule has 0 saturated heterocycles. The zero-order valence-corrected chi connectivity index (χ0v) is 13.2. The summed E-state index contributed by atoms with van der Waals surface area (Å²) in [6.07, 6.45) is 1.23. The first-order valence-corrected chi connectivity index (χ1v) is 7.69. The number of H-pyrrole nitrogens is 1. The summed E-state index contributed by atoms with van der Waals surface area (Å²) in [6.45, 7) is 1.66. The van der Waals surface area contributed by atoms with Crippen LogP contribution in [0.4, 0.5) is 5.69 Å². The second kappa shape index (κ2) is 5.82. The van der Waals surface area contributed by atoms with Crippen LogP contribution < -0.4 is 14.2 Å². The maximum Gasteiger partial charge on any atom is 0.279 e. The number of rotatable bonds is 5. The first-order chi connectivity index (χ1) is 9.87. The van der Waals surface area contributed by atoms with Crippen molar-refractivity contribution >= 4 is 27.3 Å². The van der Waals surface area contributed by atoms with Crippen molar-refractivity contribution in [2.75, 3.05) is 18.9 Å². The average Bonchev–Trinajstić information content (AvgIpc) is 2.88. The lowest BCUT2D eigenvalue weighted by Crippen LogP contribution is -2.14. The smallest absolute Gasteiger partial charge is 0.279 e. The van der Waals surface area contributed by atoms with E-state index in [1.165, 1.54) is 32.5 Å². The molecule has 0 fully saturated rings. The van der Waals surface area contributed by atoms with Crippen LogP contribution in [0, 0.1) is 6.92 Å². The van der Waals surface area contributed by atoms with E-state index in [0.29, 0.717) is 17.3 Å². The molecule has 0 aliphatic carbocycles. The largest absolute Gasteiger partial charge is 0.493 e. The summed E-state index contributed by atoms with van der Waals surface area (Å²) < 4.78 is 37.0. The molecule has 0 bridgehead atoms. The topological polar surface area (TPSA) is 93.3 Å². The number of nitrogens with one attached hydrogen (secondary N) is 2. The van der Waals surface area contributed by atoms with Gasteiger partial charge in [-0.2, -0.15) is 8.42 Å². The lowest BCUT2D eigenvalue weighted by atomic mass is 10.3. The molecule has 2 aromatic rings. The van der Waals surface area contributed by atoms with Gasteiger partial charge < -0.3 is 14.5 Å². The van der Waals surface area contributed by atoms with Gasteiger partial charge in [0.2, 0.25) is 0 Å². The summed E-state index contributed by atoms with van der Waals surface area (Å²) in [5.41, 5.74) is 0.182. The molecule has 0 amide bonds. The minimum absolute atomic E-state index is 0.0501. The summed E-state index contributed by atoms with van der Waals surface area (Å²) >= 11 is 6.05. The van der Waals surface area contributed by atoms with E-state index in [-0.39, 0.29) is 15.7 Å². The number of benzene rings is 1. The zero-order chi connectivity index (χ0) is 15.6. The minimum atomic E-state index is -3.81. The van der Waals surface area contributed by atoms with Crippen LogP contribution in [0.2, 0.25) is 5.02 Å². The maximum absolute atomic E-state index is 12.2. The Balaban J connectivity index is 2.39. The van der Waals surface area contributed by atoms with Gasteiger partial charge in [-0.15, -0.1) is 0 Å². The number of sulfonamides is 1. The first-order valence-electron chi connectivity index (χ1n) is 5.83. The lowest BCUT2D eigenvalue weighted by molar-refractivity contribution is 0.355. The summed E-state index contributed by atoms with van der Waals surface area (Å²) in [4.78, 5) is 6.50. The highest BCUT2D eigenvalue weighted by Gasteiger charge is 2.19. The number of aromatic amines is 1. The van der Waals surface area contributed by atoms with Crippen molar-refractivity contribution in [1.82, 2.24) is 9.97 Å². The lowest BCUT2D eigenvalue weighted by Gasteiger charge is -2.13. The van der Waals surface area contributed by atoms with E-state index in [1.54, 1.807) is 6.92 Å². The van der Waals surface area contributed by atoms with Gasteiger partial charge in [0.15, 0.2) is 16.5 Å². The van der Waals surface area contributed by atoms with Crippen LogP contribution in [-0.2, 0) is 10.0 Å². The number of aryl methyl sites for hydroxylation is 1. The Morgan fingerprint density at radius 2 is 1.86 bits per heavy atom. The Labute approximate surface area is 127 Å². The van der Waals surface area contributed by atoms with Gasteiger partial charge in [0.1, 0.15) is 5.82 Å². The van der Waals surface area contributed by atoms with Gasteiger partial charge in [0.05, 0.1) is 31.1 Å². The number of ether oxygens (including phenoxy) is 2. The normalized spacial score (nSPS) is 11.2. The number of aromatic nitrogens is 2. The van der Waals surface area contributed by atoms with Crippen LogP contribution in [0.5, 0.6) is 11.5 Å². The molecule has 21 heavy (non-hydrogen) atoms. The quantitative estimate of drug-likeness (QED) is 0.876. The van der Waals surface area contributed by atoms with E-state index >= 15 is 0 Å².